The van der Waals surface area contributed by atoms with Crippen LogP contribution in [-0.4, -0.2) is 23.4 Å². The van der Waals surface area contributed by atoms with Gasteiger partial charge < -0.3 is 15.1 Å². The molecule has 19 heavy (non-hydrogen) atoms. The largest absolute Gasteiger partial charge is 0.464 e. The Morgan fingerprint density at radius 2 is 2.32 bits per heavy atom. The number of carbonyl (C=O) groups excluding carboxylic acids is 1. The Morgan fingerprint density at radius 1 is 1.58 bits per heavy atom. The van der Waals surface area contributed by atoms with Crippen molar-refractivity contribution in [2.24, 2.45) is 11.7 Å². The SMILES string of the molecule is Cc1ccc(CN(C)C(=O)C2(N)CCCC(C)C2)o1. The van der Waals surface area contributed by atoms with Gasteiger partial charge >= 0.3 is 0 Å². The minimum atomic E-state index is -0.686. The summed E-state index contributed by atoms with van der Waals surface area (Å²) >= 11 is 0. The first-order chi connectivity index (χ1) is 8.90. The molecular weight excluding hydrogens is 240 g/mol. The molecule has 106 valence electrons. The summed E-state index contributed by atoms with van der Waals surface area (Å²) in [5.41, 5.74) is 5.64. The van der Waals surface area contributed by atoms with Gasteiger partial charge in [0, 0.05) is 7.05 Å². The predicted molar refractivity (Wildman–Crippen MR) is 74.5 cm³/mol. The van der Waals surface area contributed by atoms with Crippen LogP contribution in [0, 0.1) is 12.8 Å². The standard InChI is InChI=1S/C15H24N2O2/c1-11-5-4-8-15(16,9-11)14(18)17(3)10-13-7-6-12(2)19-13/h6-7,11H,4-5,8-10,16H2,1-3H3. The summed E-state index contributed by atoms with van der Waals surface area (Å²) in [6.07, 6.45) is 3.79. The number of hydrogen-bond acceptors (Lipinski definition) is 3. The van der Waals surface area contributed by atoms with E-state index >= 15 is 0 Å². The second-order valence-corrected chi connectivity index (χ2v) is 6.03. The summed E-state index contributed by atoms with van der Waals surface area (Å²) < 4.78 is 5.51. The summed E-state index contributed by atoms with van der Waals surface area (Å²) in [7, 11) is 1.80. The maximum absolute atomic E-state index is 12.5. The van der Waals surface area contributed by atoms with Crippen molar-refractivity contribution in [2.75, 3.05) is 7.05 Å². The van der Waals surface area contributed by atoms with Gasteiger partial charge in [-0.3, -0.25) is 4.79 Å². The van der Waals surface area contributed by atoms with Crippen LogP contribution in [0.1, 0.15) is 44.1 Å². The Balaban J connectivity index is 2.01. The first kappa shape index (κ1) is 14.1. The van der Waals surface area contributed by atoms with Crippen LogP contribution in [0.15, 0.2) is 16.5 Å². The number of nitrogens with zero attached hydrogens (tertiary/aromatic N) is 1. The minimum absolute atomic E-state index is 0.0353. The number of likely N-dealkylation sites (N-methyl/N-ethyl adjacent to an activating group) is 1. The van der Waals surface area contributed by atoms with E-state index in [9.17, 15) is 4.79 Å². The van der Waals surface area contributed by atoms with Gasteiger partial charge in [0.1, 0.15) is 11.5 Å². The fourth-order valence-electron chi connectivity index (χ4n) is 3.04. The molecule has 1 heterocycles. The van der Waals surface area contributed by atoms with E-state index in [4.69, 9.17) is 10.2 Å². The first-order valence-corrected chi connectivity index (χ1v) is 7.00. The summed E-state index contributed by atoms with van der Waals surface area (Å²) in [5, 5.41) is 0. The van der Waals surface area contributed by atoms with Gasteiger partial charge in [-0.2, -0.15) is 0 Å². The summed E-state index contributed by atoms with van der Waals surface area (Å²) in [5.74, 6) is 2.24. The lowest BCUT2D eigenvalue weighted by Crippen LogP contribution is -2.56. The summed E-state index contributed by atoms with van der Waals surface area (Å²) in [6.45, 7) is 4.56. The quantitative estimate of drug-likeness (QED) is 0.912. The van der Waals surface area contributed by atoms with Crippen molar-refractivity contribution >= 4 is 5.91 Å². The van der Waals surface area contributed by atoms with E-state index in [2.05, 4.69) is 6.92 Å². The van der Waals surface area contributed by atoms with E-state index in [1.165, 1.54) is 6.42 Å². The van der Waals surface area contributed by atoms with Crippen LogP contribution in [-0.2, 0) is 11.3 Å². The molecule has 1 aliphatic carbocycles. The number of hydrogen-bond donors (Lipinski definition) is 1. The summed E-state index contributed by atoms with van der Waals surface area (Å²) in [6, 6.07) is 3.82. The van der Waals surface area contributed by atoms with E-state index < -0.39 is 5.54 Å². The van der Waals surface area contributed by atoms with Crippen molar-refractivity contribution in [3.63, 3.8) is 0 Å². The summed E-state index contributed by atoms with van der Waals surface area (Å²) in [4.78, 5) is 14.2. The molecule has 2 N–H and O–H groups in total. The van der Waals surface area contributed by atoms with Crippen molar-refractivity contribution < 1.29 is 9.21 Å². The molecule has 1 aromatic heterocycles. The van der Waals surface area contributed by atoms with Gasteiger partial charge in [0.05, 0.1) is 12.1 Å². The van der Waals surface area contributed by atoms with E-state index in [0.29, 0.717) is 12.5 Å². The lowest BCUT2D eigenvalue weighted by atomic mass is 9.76. The number of furan rings is 1. The van der Waals surface area contributed by atoms with E-state index in [1.54, 1.807) is 11.9 Å². The molecule has 0 bridgehead atoms. The normalized spacial score (nSPS) is 27.3. The molecule has 0 radical (unpaired) electrons. The van der Waals surface area contributed by atoms with Gasteiger partial charge in [-0.25, -0.2) is 0 Å². The van der Waals surface area contributed by atoms with E-state index in [-0.39, 0.29) is 5.91 Å². The highest BCUT2D eigenvalue weighted by Gasteiger charge is 2.39. The second-order valence-electron chi connectivity index (χ2n) is 6.03. The number of aryl methyl sites for hydroxylation is 1. The Morgan fingerprint density at radius 3 is 2.89 bits per heavy atom. The Bertz CT molecular complexity index is 455. The third kappa shape index (κ3) is 3.18. The average molecular weight is 264 g/mol. The van der Waals surface area contributed by atoms with Gasteiger partial charge in [0.25, 0.3) is 0 Å². The van der Waals surface area contributed by atoms with Crippen LogP contribution in [0.2, 0.25) is 0 Å². The van der Waals surface area contributed by atoms with Gasteiger partial charge in [-0.15, -0.1) is 0 Å². The molecule has 4 heteroatoms. The van der Waals surface area contributed by atoms with Crippen LogP contribution in [0.4, 0.5) is 0 Å². The van der Waals surface area contributed by atoms with Crippen LogP contribution in [0.5, 0.6) is 0 Å². The number of carbonyl (C=O) groups is 1. The van der Waals surface area contributed by atoms with Gasteiger partial charge in [-0.05, 0) is 37.8 Å². The molecule has 0 aliphatic heterocycles. The average Bonchev–Trinajstić information content (AvgIpc) is 2.73. The highest BCUT2D eigenvalue weighted by Crippen LogP contribution is 2.31. The lowest BCUT2D eigenvalue weighted by Gasteiger charge is -2.37. The molecule has 0 saturated heterocycles. The number of rotatable bonds is 3. The molecule has 2 rings (SSSR count). The van der Waals surface area contributed by atoms with Crippen molar-refractivity contribution in [3.05, 3.63) is 23.7 Å². The van der Waals surface area contributed by atoms with Crippen molar-refractivity contribution in [1.29, 1.82) is 0 Å². The Labute approximate surface area is 114 Å². The molecule has 1 saturated carbocycles. The molecule has 1 aliphatic rings. The molecule has 1 fully saturated rings. The fraction of sp³-hybridized carbons (Fsp3) is 0.667. The molecular formula is C15H24N2O2. The monoisotopic (exact) mass is 264 g/mol. The van der Waals surface area contributed by atoms with E-state index in [1.807, 2.05) is 19.1 Å². The maximum Gasteiger partial charge on any atom is 0.242 e. The maximum atomic E-state index is 12.5. The Hall–Kier alpha value is -1.29. The Kier molecular flexibility index (Phi) is 3.99. The highest BCUT2D eigenvalue weighted by atomic mass is 16.3. The van der Waals surface area contributed by atoms with Crippen LogP contribution >= 0.6 is 0 Å². The topological polar surface area (TPSA) is 59.5 Å². The molecule has 2 unspecified atom stereocenters. The van der Waals surface area contributed by atoms with E-state index in [0.717, 1.165) is 30.8 Å². The van der Waals surface area contributed by atoms with Crippen molar-refractivity contribution in [2.45, 2.75) is 51.6 Å². The number of nitrogens with two attached hydrogens (primary N) is 1. The van der Waals surface area contributed by atoms with Crippen molar-refractivity contribution in [3.8, 4) is 0 Å². The highest BCUT2D eigenvalue weighted by molar-refractivity contribution is 5.86. The number of amides is 1. The predicted octanol–water partition coefficient (Wildman–Crippen LogP) is 2.45. The molecule has 1 amide bonds. The third-order valence-electron chi connectivity index (χ3n) is 3.99. The van der Waals surface area contributed by atoms with Crippen LogP contribution in [0.25, 0.3) is 0 Å². The van der Waals surface area contributed by atoms with Gasteiger partial charge in [0.2, 0.25) is 5.91 Å². The molecule has 2 atom stereocenters. The lowest BCUT2D eigenvalue weighted by molar-refractivity contribution is -0.138. The fourth-order valence-corrected chi connectivity index (χ4v) is 3.04. The zero-order chi connectivity index (χ0) is 14.0. The second kappa shape index (κ2) is 5.37. The molecule has 0 aromatic carbocycles. The molecule has 4 nitrogen and oxygen atoms in total. The molecule has 1 aromatic rings. The minimum Gasteiger partial charge on any atom is -0.464 e. The first-order valence-electron chi connectivity index (χ1n) is 7.00. The van der Waals surface area contributed by atoms with Crippen molar-refractivity contribution in [1.82, 2.24) is 4.90 Å². The van der Waals surface area contributed by atoms with Crippen LogP contribution in [0.3, 0.4) is 0 Å². The zero-order valence-electron chi connectivity index (χ0n) is 12.1. The van der Waals surface area contributed by atoms with Gasteiger partial charge in [0.15, 0.2) is 0 Å². The van der Waals surface area contributed by atoms with Crippen LogP contribution < -0.4 is 5.73 Å². The smallest absolute Gasteiger partial charge is 0.242 e. The van der Waals surface area contributed by atoms with Gasteiger partial charge in [-0.1, -0.05) is 19.8 Å². The molecule has 0 spiro atoms. The third-order valence-corrected chi connectivity index (χ3v) is 3.99. The zero-order valence-corrected chi connectivity index (χ0v) is 12.1.